The first-order valence-corrected chi connectivity index (χ1v) is 12.4. The number of aromatic nitrogens is 1. The molecular formula is C20H19Cl2N3O3S2. The number of carbonyl (C=O) groups is 1. The first-order valence-electron chi connectivity index (χ1n) is 9.38. The smallest absolute Gasteiger partial charge is 0.243 e. The molecule has 0 spiro atoms. The molecule has 1 aliphatic heterocycles. The van der Waals surface area contributed by atoms with Gasteiger partial charge in [-0.2, -0.15) is 4.31 Å². The van der Waals surface area contributed by atoms with E-state index in [1.54, 1.807) is 12.1 Å². The summed E-state index contributed by atoms with van der Waals surface area (Å²) in [5.74, 6) is -0.675. The van der Waals surface area contributed by atoms with E-state index in [1.807, 2.05) is 19.1 Å². The highest BCUT2D eigenvalue weighted by Gasteiger charge is 2.33. The second kappa shape index (κ2) is 8.43. The molecule has 1 atom stereocenters. The van der Waals surface area contributed by atoms with Crippen molar-refractivity contribution in [2.75, 3.05) is 18.4 Å². The average molecular weight is 484 g/mol. The van der Waals surface area contributed by atoms with Crippen molar-refractivity contribution in [3.63, 3.8) is 0 Å². The maximum Gasteiger partial charge on any atom is 0.243 e. The quantitative estimate of drug-likeness (QED) is 0.568. The first-order chi connectivity index (χ1) is 14.3. The lowest BCUT2D eigenvalue weighted by Gasteiger charge is -2.31. The Balaban J connectivity index is 1.50. The molecule has 0 bridgehead atoms. The van der Waals surface area contributed by atoms with Gasteiger partial charge in [0.1, 0.15) is 0 Å². The summed E-state index contributed by atoms with van der Waals surface area (Å²) < 4.78 is 28.2. The van der Waals surface area contributed by atoms with Gasteiger partial charge >= 0.3 is 0 Å². The number of nitrogens with zero attached hydrogens (tertiary/aromatic N) is 2. The van der Waals surface area contributed by atoms with Crippen LogP contribution in [0.2, 0.25) is 10.0 Å². The number of amides is 1. The molecule has 2 aromatic carbocycles. The summed E-state index contributed by atoms with van der Waals surface area (Å²) in [5.41, 5.74) is 1.63. The zero-order valence-corrected chi connectivity index (χ0v) is 19.2. The lowest BCUT2D eigenvalue weighted by atomic mass is 9.99. The van der Waals surface area contributed by atoms with Gasteiger partial charge in [-0.15, -0.1) is 0 Å². The molecule has 10 heteroatoms. The Morgan fingerprint density at radius 2 is 1.93 bits per heavy atom. The summed E-state index contributed by atoms with van der Waals surface area (Å²) in [5, 5.41) is 4.43. The molecule has 1 aliphatic rings. The van der Waals surface area contributed by atoms with Gasteiger partial charge in [0.25, 0.3) is 0 Å². The summed E-state index contributed by atoms with van der Waals surface area (Å²) in [7, 11) is -3.68. The van der Waals surface area contributed by atoms with Crippen LogP contribution in [0.5, 0.6) is 0 Å². The number of piperidine rings is 1. The van der Waals surface area contributed by atoms with Crippen LogP contribution in [0.1, 0.15) is 18.4 Å². The van der Waals surface area contributed by atoms with Gasteiger partial charge in [-0.25, -0.2) is 13.4 Å². The number of fused-ring (bicyclic) bond motifs is 1. The Morgan fingerprint density at radius 1 is 1.20 bits per heavy atom. The van der Waals surface area contributed by atoms with Crippen LogP contribution in [0.3, 0.4) is 0 Å². The van der Waals surface area contributed by atoms with E-state index in [1.165, 1.54) is 27.8 Å². The van der Waals surface area contributed by atoms with Gasteiger partial charge < -0.3 is 5.32 Å². The molecule has 30 heavy (non-hydrogen) atoms. The molecule has 1 aromatic heterocycles. The van der Waals surface area contributed by atoms with Gasteiger partial charge in [-0.3, -0.25) is 4.79 Å². The summed E-state index contributed by atoms with van der Waals surface area (Å²) >= 11 is 13.4. The number of hydrogen-bond donors (Lipinski definition) is 1. The SMILES string of the molecule is Cc1c(Cl)ccc2sc(NC(=O)C3CCCN(S(=O)(=O)c4ccc(Cl)cc4)C3)nc12. The molecule has 3 aromatic rings. The third kappa shape index (κ3) is 4.20. The third-order valence-corrected chi connectivity index (χ3v) is 8.66. The van der Waals surface area contributed by atoms with E-state index >= 15 is 0 Å². The number of benzene rings is 2. The second-order valence-electron chi connectivity index (χ2n) is 7.18. The summed E-state index contributed by atoms with van der Waals surface area (Å²) in [4.78, 5) is 17.5. The van der Waals surface area contributed by atoms with Crippen LogP contribution in [0.25, 0.3) is 10.2 Å². The Kier molecular flexibility index (Phi) is 6.05. The molecular weight excluding hydrogens is 465 g/mol. The van der Waals surface area contributed by atoms with Crippen molar-refractivity contribution in [2.45, 2.75) is 24.7 Å². The molecule has 1 amide bonds. The van der Waals surface area contributed by atoms with Gasteiger partial charge in [-0.1, -0.05) is 34.5 Å². The van der Waals surface area contributed by atoms with Gasteiger partial charge in [-0.05, 0) is 61.7 Å². The van der Waals surface area contributed by atoms with E-state index < -0.39 is 15.9 Å². The van der Waals surface area contributed by atoms with Crippen LogP contribution < -0.4 is 5.32 Å². The molecule has 6 nitrogen and oxygen atoms in total. The second-order valence-corrected chi connectivity index (χ2v) is 11.0. The van der Waals surface area contributed by atoms with Gasteiger partial charge in [0.05, 0.1) is 21.0 Å². The van der Waals surface area contributed by atoms with Crippen LogP contribution in [0.4, 0.5) is 5.13 Å². The number of hydrogen-bond acceptors (Lipinski definition) is 5. The molecule has 1 unspecified atom stereocenters. The lowest BCUT2D eigenvalue weighted by molar-refractivity contribution is -0.120. The standard InChI is InChI=1S/C20H19Cl2N3O3S2/c1-12-16(22)8-9-17-18(12)23-20(29-17)24-19(26)13-3-2-10-25(11-13)30(27,28)15-6-4-14(21)5-7-15/h4-9,13H,2-3,10-11H2,1H3,(H,23,24,26). The summed E-state index contributed by atoms with van der Waals surface area (Å²) in [6, 6.07) is 9.74. The highest BCUT2D eigenvalue weighted by atomic mass is 35.5. The van der Waals surface area contributed by atoms with Crippen LogP contribution >= 0.6 is 34.5 Å². The third-order valence-electron chi connectivity index (χ3n) is 5.18. The van der Waals surface area contributed by atoms with Crippen LogP contribution in [0, 0.1) is 12.8 Å². The van der Waals surface area contributed by atoms with Crippen molar-refractivity contribution < 1.29 is 13.2 Å². The molecule has 1 N–H and O–H groups in total. The summed E-state index contributed by atoms with van der Waals surface area (Å²) in [6.07, 6.45) is 1.23. The van der Waals surface area contributed by atoms with Crippen molar-refractivity contribution in [2.24, 2.45) is 5.92 Å². The van der Waals surface area contributed by atoms with Crippen molar-refractivity contribution in [1.29, 1.82) is 0 Å². The highest BCUT2D eigenvalue weighted by Crippen LogP contribution is 2.32. The Hall–Kier alpha value is -1.71. The monoisotopic (exact) mass is 483 g/mol. The number of halogens is 2. The minimum atomic E-state index is -3.68. The molecule has 158 valence electrons. The van der Waals surface area contributed by atoms with Gasteiger partial charge in [0.15, 0.2) is 5.13 Å². The number of aryl methyl sites for hydroxylation is 1. The van der Waals surface area contributed by atoms with E-state index in [0.29, 0.717) is 34.6 Å². The normalized spacial score (nSPS) is 17.9. The van der Waals surface area contributed by atoms with E-state index in [-0.39, 0.29) is 17.3 Å². The molecule has 2 heterocycles. The van der Waals surface area contributed by atoms with E-state index in [4.69, 9.17) is 23.2 Å². The molecule has 0 radical (unpaired) electrons. The van der Waals surface area contributed by atoms with Crippen LogP contribution in [-0.4, -0.2) is 36.7 Å². The zero-order chi connectivity index (χ0) is 21.5. The first kappa shape index (κ1) is 21.5. The van der Waals surface area contributed by atoms with Crippen molar-refractivity contribution >= 4 is 65.8 Å². The van der Waals surface area contributed by atoms with E-state index in [0.717, 1.165) is 15.8 Å². The van der Waals surface area contributed by atoms with Crippen molar-refractivity contribution in [3.8, 4) is 0 Å². The fourth-order valence-corrected chi connectivity index (χ4v) is 6.22. The largest absolute Gasteiger partial charge is 0.302 e. The number of anilines is 1. The summed E-state index contributed by atoms with van der Waals surface area (Å²) in [6.45, 7) is 2.40. The van der Waals surface area contributed by atoms with Crippen molar-refractivity contribution in [1.82, 2.24) is 9.29 Å². The maximum absolute atomic E-state index is 12.9. The van der Waals surface area contributed by atoms with Crippen molar-refractivity contribution in [3.05, 3.63) is 52.0 Å². The number of sulfonamides is 1. The number of rotatable bonds is 4. The van der Waals surface area contributed by atoms with Crippen LogP contribution in [0.15, 0.2) is 41.3 Å². The predicted octanol–water partition coefficient (Wildman–Crippen LogP) is 4.95. The Bertz CT molecular complexity index is 1210. The van der Waals surface area contributed by atoms with Crippen LogP contribution in [-0.2, 0) is 14.8 Å². The number of carbonyl (C=O) groups excluding carboxylic acids is 1. The topological polar surface area (TPSA) is 79.4 Å². The zero-order valence-electron chi connectivity index (χ0n) is 16.1. The maximum atomic E-state index is 12.9. The fourth-order valence-electron chi connectivity index (χ4n) is 3.49. The molecule has 0 aliphatic carbocycles. The lowest BCUT2D eigenvalue weighted by Crippen LogP contribution is -2.43. The molecule has 0 saturated carbocycles. The van der Waals surface area contributed by atoms with Gasteiger partial charge in [0.2, 0.25) is 15.9 Å². The average Bonchev–Trinajstić information content (AvgIpc) is 3.14. The van der Waals surface area contributed by atoms with Gasteiger partial charge in [0, 0.05) is 23.1 Å². The predicted molar refractivity (Wildman–Crippen MR) is 121 cm³/mol. The fraction of sp³-hybridized carbons (Fsp3) is 0.300. The minimum Gasteiger partial charge on any atom is -0.302 e. The number of thiazole rings is 1. The molecule has 4 rings (SSSR count). The highest BCUT2D eigenvalue weighted by molar-refractivity contribution is 7.89. The van der Waals surface area contributed by atoms with E-state index in [2.05, 4.69) is 10.3 Å². The van der Waals surface area contributed by atoms with E-state index in [9.17, 15) is 13.2 Å². The number of nitrogens with one attached hydrogen (secondary N) is 1. The molecule has 1 fully saturated rings. The minimum absolute atomic E-state index is 0.131. The Morgan fingerprint density at radius 3 is 2.67 bits per heavy atom. The Labute approximate surface area is 188 Å². The molecule has 1 saturated heterocycles.